The van der Waals surface area contributed by atoms with Crippen LogP contribution in [0.25, 0.3) is 0 Å². The average molecular weight is 348 g/mol. The summed E-state index contributed by atoms with van der Waals surface area (Å²) < 4.78 is 2.25. The minimum absolute atomic E-state index is 0.604. The van der Waals surface area contributed by atoms with Gasteiger partial charge in [0.2, 0.25) is 0 Å². The van der Waals surface area contributed by atoms with E-state index in [1.807, 2.05) is 0 Å². The van der Waals surface area contributed by atoms with Gasteiger partial charge in [-0.15, -0.1) is 0 Å². The first-order valence-electron chi connectivity index (χ1n) is 5.55. The summed E-state index contributed by atoms with van der Waals surface area (Å²) in [6.45, 7) is 6.64. The number of piperazine rings is 1. The Morgan fingerprint density at radius 2 is 2.19 bits per heavy atom. The Bertz CT molecular complexity index is 368. The van der Waals surface area contributed by atoms with Crippen LogP contribution in [-0.4, -0.2) is 30.6 Å². The summed E-state index contributed by atoms with van der Waals surface area (Å²) in [6, 6.07) is 7.08. The van der Waals surface area contributed by atoms with Crippen LogP contribution in [0.15, 0.2) is 27.1 Å². The van der Waals surface area contributed by atoms with E-state index in [1.165, 1.54) is 5.56 Å². The fourth-order valence-electron chi connectivity index (χ4n) is 2.05. The van der Waals surface area contributed by atoms with Gasteiger partial charge in [0.15, 0.2) is 0 Å². The van der Waals surface area contributed by atoms with E-state index in [0.29, 0.717) is 6.04 Å². The molecule has 4 heteroatoms. The zero-order valence-corrected chi connectivity index (χ0v) is 12.5. The maximum Gasteiger partial charge on any atom is 0.0320 e. The minimum Gasteiger partial charge on any atom is -0.312 e. The van der Waals surface area contributed by atoms with Crippen LogP contribution < -0.4 is 5.32 Å². The molecule has 0 aromatic heterocycles. The highest BCUT2D eigenvalue weighted by Gasteiger charge is 2.15. The maximum atomic E-state index is 3.54. The molecule has 1 aliphatic heterocycles. The number of hydrogen-bond acceptors (Lipinski definition) is 2. The molecule has 88 valence electrons. The Morgan fingerprint density at radius 3 is 2.88 bits per heavy atom. The van der Waals surface area contributed by atoms with Gasteiger partial charge in [-0.3, -0.25) is 4.90 Å². The Labute approximate surface area is 114 Å². The lowest BCUT2D eigenvalue weighted by molar-refractivity contribution is 0.199. The summed E-state index contributed by atoms with van der Waals surface area (Å²) in [7, 11) is 0. The lowest BCUT2D eigenvalue weighted by Gasteiger charge is -2.31. The Kier molecular flexibility index (Phi) is 4.41. The maximum absolute atomic E-state index is 3.54. The molecule has 2 nitrogen and oxygen atoms in total. The molecule has 1 aliphatic rings. The summed E-state index contributed by atoms with van der Waals surface area (Å²) in [5.41, 5.74) is 1.36. The standard InChI is InChI=1S/C12H16Br2N2/c1-9-7-16(5-4-15-9)8-10-2-3-11(13)12(14)6-10/h2-3,6,9,15H,4-5,7-8H2,1H3. The largest absolute Gasteiger partial charge is 0.312 e. The second kappa shape index (κ2) is 5.63. The first-order valence-corrected chi connectivity index (χ1v) is 7.13. The van der Waals surface area contributed by atoms with Crippen LogP contribution in [0.5, 0.6) is 0 Å². The van der Waals surface area contributed by atoms with Gasteiger partial charge in [0.25, 0.3) is 0 Å². The Hall–Kier alpha value is 0.1000. The Balaban J connectivity index is 2.00. The quantitative estimate of drug-likeness (QED) is 0.884. The second-order valence-corrected chi connectivity index (χ2v) is 6.05. The third kappa shape index (κ3) is 3.29. The molecule has 1 aromatic rings. The van der Waals surface area contributed by atoms with Crippen molar-refractivity contribution in [2.45, 2.75) is 19.5 Å². The van der Waals surface area contributed by atoms with Crippen LogP contribution in [0.2, 0.25) is 0 Å². The number of benzene rings is 1. The molecule has 1 atom stereocenters. The van der Waals surface area contributed by atoms with Crippen LogP contribution in [0.1, 0.15) is 12.5 Å². The highest BCUT2D eigenvalue weighted by atomic mass is 79.9. The molecule has 1 saturated heterocycles. The monoisotopic (exact) mass is 346 g/mol. The van der Waals surface area contributed by atoms with Crippen molar-refractivity contribution in [3.05, 3.63) is 32.7 Å². The fourth-order valence-corrected chi connectivity index (χ4v) is 2.72. The molecule has 16 heavy (non-hydrogen) atoms. The van der Waals surface area contributed by atoms with E-state index < -0.39 is 0 Å². The third-order valence-electron chi connectivity index (χ3n) is 2.84. The molecular formula is C12H16Br2N2. The highest BCUT2D eigenvalue weighted by Crippen LogP contribution is 2.24. The molecule has 1 fully saturated rings. The van der Waals surface area contributed by atoms with Gasteiger partial charge in [-0.1, -0.05) is 6.07 Å². The molecule has 0 bridgehead atoms. The lowest BCUT2D eigenvalue weighted by Crippen LogP contribution is -2.48. The zero-order valence-electron chi connectivity index (χ0n) is 9.34. The van der Waals surface area contributed by atoms with Crippen molar-refractivity contribution in [1.29, 1.82) is 0 Å². The molecular weight excluding hydrogens is 332 g/mol. The van der Waals surface area contributed by atoms with E-state index in [0.717, 1.165) is 35.1 Å². The number of nitrogens with one attached hydrogen (secondary N) is 1. The number of rotatable bonds is 2. The predicted molar refractivity (Wildman–Crippen MR) is 74.6 cm³/mol. The van der Waals surface area contributed by atoms with Gasteiger partial charge in [-0.25, -0.2) is 0 Å². The number of nitrogens with zero attached hydrogens (tertiary/aromatic N) is 1. The molecule has 1 heterocycles. The van der Waals surface area contributed by atoms with Crippen molar-refractivity contribution in [3.8, 4) is 0 Å². The van der Waals surface area contributed by atoms with Gasteiger partial charge in [0, 0.05) is 41.2 Å². The van der Waals surface area contributed by atoms with Gasteiger partial charge >= 0.3 is 0 Å². The lowest BCUT2D eigenvalue weighted by atomic mass is 10.1. The summed E-state index contributed by atoms with van der Waals surface area (Å²) in [6.07, 6.45) is 0. The summed E-state index contributed by atoms with van der Waals surface area (Å²) in [5.74, 6) is 0. The van der Waals surface area contributed by atoms with Crippen molar-refractivity contribution in [2.75, 3.05) is 19.6 Å². The molecule has 1 aromatic carbocycles. The van der Waals surface area contributed by atoms with Crippen molar-refractivity contribution < 1.29 is 0 Å². The Morgan fingerprint density at radius 1 is 1.38 bits per heavy atom. The van der Waals surface area contributed by atoms with E-state index >= 15 is 0 Å². The van der Waals surface area contributed by atoms with E-state index in [9.17, 15) is 0 Å². The van der Waals surface area contributed by atoms with E-state index in [-0.39, 0.29) is 0 Å². The average Bonchev–Trinajstić information content (AvgIpc) is 2.24. The van der Waals surface area contributed by atoms with Crippen molar-refractivity contribution >= 4 is 31.9 Å². The highest BCUT2D eigenvalue weighted by molar-refractivity contribution is 9.13. The summed E-state index contributed by atoms with van der Waals surface area (Å²) in [5, 5.41) is 3.46. The van der Waals surface area contributed by atoms with Crippen LogP contribution in [-0.2, 0) is 6.54 Å². The smallest absolute Gasteiger partial charge is 0.0320 e. The van der Waals surface area contributed by atoms with E-state index in [4.69, 9.17) is 0 Å². The third-order valence-corrected chi connectivity index (χ3v) is 4.72. The summed E-state index contributed by atoms with van der Waals surface area (Å²) >= 11 is 7.04. The van der Waals surface area contributed by atoms with E-state index in [2.05, 4.69) is 67.2 Å². The van der Waals surface area contributed by atoms with Gasteiger partial charge in [-0.05, 0) is 56.5 Å². The molecule has 0 radical (unpaired) electrons. The molecule has 0 amide bonds. The van der Waals surface area contributed by atoms with Gasteiger partial charge < -0.3 is 5.32 Å². The van der Waals surface area contributed by atoms with Gasteiger partial charge in [0.1, 0.15) is 0 Å². The predicted octanol–water partition coefficient (Wildman–Crippen LogP) is 3.01. The van der Waals surface area contributed by atoms with Crippen LogP contribution in [0.4, 0.5) is 0 Å². The normalized spacial score (nSPS) is 22.3. The van der Waals surface area contributed by atoms with Gasteiger partial charge in [-0.2, -0.15) is 0 Å². The van der Waals surface area contributed by atoms with E-state index in [1.54, 1.807) is 0 Å². The number of halogens is 2. The molecule has 1 unspecified atom stereocenters. The van der Waals surface area contributed by atoms with Crippen molar-refractivity contribution in [3.63, 3.8) is 0 Å². The molecule has 0 saturated carbocycles. The second-order valence-electron chi connectivity index (χ2n) is 4.34. The van der Waals surface area contributed by atoms with Crippen molar-refractivity contribution in [2.24, 2.45) is 0 Å². The van der Waals surface area contributed by atoms with Crippen molar-refractivity contribution in [1.82, 2.24) is 10.2 Å². The topological polar surface area (TPSA) is 15.3 Å². The minimum atomic E-state index is 0.604. The molecule has 0 spiro atoms. The SMILES string of the molecule is CC1CN(Cc2ccc(Br)c(Br)c2)CCN1. The molecule has 2 rings (SSSR count). The van der Waals surface area contributed by atoms with Crippen LogP contribution >= 0.6 is 31.9 Å². The van der Waals surface area contributed by atoms with Crippen LogP contribution in [0, 0.1) is 0 Å². The number of hydrogen-bond donors (Lipinski definition) is 1. The van der Waals surface area contributed by atoms with Gasteiger partial charge in [0.05, 0.1) is 0 Å². The first-order chi connectivity index (χ1) is 7.65. The molecule has 0 aliphatic carbocycles. The van der Waals surface area contributed by atoms with Crippen LogP contribution in [0.3, 0.4) is 0 Å². The fraction of sp³-hybridized carbons (Fsp3) is 0.500. The zero-order chi connectivity index (χ0) is 11.5. The summed E-state index contributed by atoms with van der Waals surface area (Å²) in [4.78, 5) is 2.50. The first kappa shape index (κ1) is 12.6. The molecule has 1 N–H and O–H groups in total.